The van der Waals surface area contributed by atoms with Gasteiger partial charge in [0.1, 0.15) is 11.5 Å². The van der Waals surface area contributed by atoms with E-state index >= 15 is 0 Å². The number of hydrogen-bond acceptors (Lipinski definition) is 7. The minimum atomic E-state index is -0.935. The Morgan fingerprint density at radius 3 is 1.43 bits per heavy atom. The van der Waals surface area contributed by atoms with Crippen LogP contribution in [0.25, 0.3) is 0 Å². The fourth-order valence-corrected chi connectivity index (χ4v) is 5.44. The number of carbonyl (C=O) groups is 2. The van der Waals surface area contributed by atoms with Crippen molar-refractivity contribution in [1.29, 1.82) is 0 Å². The van der Waals surface area contributed by atoms with E-state index in [1.54, 1.807) is 42.5 Å². The van der Waals surface area contributed by atoms with Gasteiger partial charge in [-0.3, -0.25) is 0 Å². The van der Waals surface area contributed by atoms with Gasteiger partial charge in [0.25, 0.3) is 0 Å². The van der Waals surface area contributed by atoms with Gasteiger partial charge in [0.2, 0.25) is 0 Å². The molecule has 0 radical (unpaired) electrons. The van der Waals surface area contributed by atoms with Gasteiger partial charge in [0, 0.05) is 27.5 Å². The van der Waals surface area contributed by atoms with E-state index in [4.69, 9.17) is 14.9 Å². The molecule has 6 N–H and O–H groups in total. The summed E-state index contributed by atoms with van der Waals surface area (Å²) in [6.07, 6.45) is 1.33. The molecule has 0 aromatic heterocycles. The highest BCUT2D eigenvalue weighted by molar-refractivity contribution is 5.85. The number of hydrogen-bond donors (Lipinski definition) is 6. The van der Waals surface area contributed by atoms with Crippen LogP contribution in [0.15, 0.2) is 97.1 Å². The van der Waals surface area contributed by atoms with Crippen molar-refractivity contribution < 1.29 is 45.0 Å². The molecule has 9 nitrogen and oxygen atoms in total. The van der Waals surface area contributed by atoms with Gasteiger partial charge in [-0.05, 0) is 97.0 Å². The maximum absolute atomic E-state index is 11.2. The number of carboxylic acids is 2. The lowest BCUT2D eigenvalue weighted by Crippen LogP contribution is -2.23. The minimum absolute atomic E-state index is 0.0246. The van der Waals surface area contributed by atoms with Crippen LogP contribution in [0.3, 0.4) is 0 Å². The van der Waals surface area contributed by atoms with Crippen molar-refractivity contribution in [1.82, 2.24) is 0 Å². The molecule has 0 aliphatic rings. The van der Waals surface area contributed by atoms with Crippen LogP contribution in [0.5, 0.6) is 34.5 Å². The molecule has 4 aromatic carbocycles. The van der Waals surface area contributed by atoms with E-state index in [0.717, 1.165) is 39.8 Å². The second-order valence-electron chi connectivity index (χ2n) is 13.2. The van der Waals surface area contributed by atoms with Gasteiger partial charge in [0.15, 0.2) is 23.0 Å². The third-order valence-corrected chi connectivity index (χ3v) is 8.60. The zero-order valence-corrected chi connectivity index (χ0v) is 30.7. The molecule has 0 heterocycles. The first-order valence-corrected chi connectivity index (χ1v) is 16.4. The maximum Gasteiger partial charge on any atom is 0.330 e. The van der Waals surface area contributed by atoms with E-state index in [2.05, 4.69) is 47.8 Å². The van der Waals surface area contributed by atoms with Crippen molar-refractivity contribution in [3.05, 3.63) is 130 Å². The van der Waals surface area contributed by atoms with Gasteiger partial charge in [-0.15, -0.1) is 0 Å². The Morgan fingerprint density at radius 1 is 0.627 bits per heavy atom. The third-order valence-electron chi connectivity index (χ3n) is 8.60. The Kier molecular flexibility index (Phi) is 14.1. The molecule has 0 saturated heterocycles. The first kappa shape index (κ1) is 41.5. The number of carboxylic acid groups (broad SMARTS) is 2. The number of aliphatic carboxylic acids is 2. The Hall–Kier alpha value is -5.70. The van der Waals surface area contributed by atoms with Crippen molar-refractivity contribution in [2.75, 3.05) is 0 Å². The molecule has 0 saturated carbocycles. The first-order valence-electron chi connectivity index (χ1n) is 16.4. The zero-order valence-electron chi connectivity index (χ0n) is 30.7. The molecule has 4 aromatic rings. The van der Waals surface area contributed by atoms with Crippen molar-refractivity contribution in [3.63, 3.8) is 0 Å². The van der Waals surface area contributed by atoms with Gasteiger partial charge in [-0.25, -0.2) is 9.59 Å². The fraction of sp³-hybridized carbons (Fsp3) is 0.286. The molecule has 51 heavy (non-hydrogen) atoms. The summed E-state index contributed by atoms with van der Waals surface area (Å²) in [5.74, 6) is -0.884. The van der Waals surface area contributed by atoms with Crippen molar-refractivity contribution in [3.8, 4) is 34.5 Å². The molecule has 0 bridgehead atoms. The van der Waals surface area contributed by atoms with E-state index in [0.29, 0.717) is 12.2 Å². The van der Waals surface area contributed by atoms with Gasteiger partial charge in [-0.2, -0.15) is 0 Å². The summed E-state index contributed by atoms with van der Waals surface area (Å²) in [5.41, 5.74) is 5.35. The van der Waals surface area contributed by atoms with E-state index in [9.17, 15) is 30.0 Å². The van der Waals surface area contributed by atoms with Gasteiger partial charge < -0.3 is 35.4 Å². The Bertz CT molecular complexity index is 1820. The second-order valence-corrected chi connectivity index (χ2v) is 13.2. The summed E-state index contributed by atoms with van der Waals surface area (Å²) in [6.45, 7) is 21.7. The summed E-state index contributed by atoms with van der Waals surface area (Å²) in [4.78, 5) is 19.2. The Labute approximate surface area is 300 Å². The van der Waals surface area contributed by atoms with Gasteiger partial charge >= 0.3 is 11.9 Å². The highest BCUT2D eigenvalue weighted by Crippen LogP contribution is 2.47. The van der Waals surface area contributed by atoms with Crippen LogP contribution in [-0.2, 0) is 33.3 Å². The number of phenolic OH excluding ortho intramolecular Hbond substituents is 4. The maximum atomic E-state index is 11.2. The van der Waals surface area contributed by atoms with Crippen LogP contribution in [-0.4, -0.2) is 42.6 Å². The Balaban J connectivity index is 0.000000645. The molecule has 0 aliphatic carbocycles. The van der Waals surface area contributed by atoms with E-state index < -0.39 is 22.8 Å². The highest BCUT2D eigenvalue weighted by Gasteiger charge is 2.32. The predicted octanol–water partition coefficient (Wildman–Crippen LogP) is 9.37. The van der Waals surface area contributed by atoms with Crippen LogP contribution >= 0.6 is 0 Å². The standard InChI is InChI=1S/C34H38O5.2C4H6O2/c1-7-21-19-29(38)32(27(8-2)31(21)34(5,6)23-11-16-26(36)17-12-23)39-30-20-24(13-18-28(30)37)33(3,4)22-9-14-25(35)15-10-22;2*1-3(2)4(5)6/h9-20,35-38H,7-8H2,1-6H3;2*1H2,2H3,(H,5,6). The number of rotatable bonds is 10. The quantitative estimate of drug-likeness (QED) is 0.0885. The lowest BCUT2D eigenvalue weighted by Gasteiger charge is -2.32. The molecule has 0 atom stereocenters. The SMILES string of the molecule is C=C(C)C(=O)O.C=C(C)C(=O)O.CCc1cc(O)c(Oc2cc(C(C)(C)c3ccc(O)cc3)ccc2O)c(CC)c1C(C)(C)c1ccc(O)cc1. The number of aryl methyl sites for hydroxylation is 1. The molecule has 0 aliphatic heterocycles. The molecule has 0 spiro atoms. The Morgan fingerprint density at radius 2 is 1.04 bits per heavy atom. The van der Waals surface area contributed by atoms with Crippen LogP contribution in [0.2, 0.25) is 0 Å². The first-order chi connectivity index (χ1) is 23.7. The third kappa shape index (κ3) is 10.4. The number of benzene rings is 4. The summed E-state index contributed by atoms with van der Waals surface area (Å²) in [5, 5.41) is 57.3. The fourth-order valence-electron chi connectivity index (χ4n) is 5.44. The molecule has 0 amide bonds. The topological polar surface area (TPSA) is 165 Å². The van der Waals surface area contributed by atoms with Crippen LogP contribution in [0.4, 0.5) is 0 Å². The van der Waals surface area contributed by atoms with Crippen molar-refractivity contribution in [2.45, 2.75) is 79.1 Å². The molecular weight excluding hydrogens is 648 g/mol. The second kappa shape index (κ2) is 17.3. The molecule has 0 fully saturated rings. The van der Waals surface area contributed by atoms with E-state index in [1.807, 2.05) is 37.3 Å². The summed E-state index contributed by atoms with van der Waals surface area (Å²) < 4.78 is 6.36. The minimum Gasteiger partial charge on any atom is -0.508 e. The highest BCUT2D eigenvalue weighted by atomic mass is 16.5. The molecule has 0 unspecified atom stereocenters. The lowest BCUT2D eigenvalue weighted by atomic mass is 9.72. The number of phenols is 4. The number of aromatic hydroxyl groups is 4. The van der Waals surface area contributed by atoms with Crippen LogP contribution in [0.1, 0.15) is 88.8 Å². The smallest absolute Gasteiger partial charge is 0.330 e. The van der Waals surface area contributed by atoms with Crippen molar-refractivity contribution in [2.24, 2.45) is 0 Å². The monoisotopic (exact) mass is 698 g/mol. The predicted molar refractivity (Wildman–Crippen MR) is 200 cm³/mol. The lowest BCUT2D eigenvalue weighted by molar-refractivity contribution is -0.133. The summed E-state index contributed by atoms with van der Waals surface area (Å²) >= 11 is 0. The zero-order chi connectivity index (χ0) is 38.8. The number of ether oxygens (including phenoxy) is 1. The van der Waals surface area contributed by atoms with Crippen LogP contribution in [0, 0.1) is 0 Å². The summed E-state index contributed by atoms with van der Waals surface area (Å²) in [7, 11) is 0. The molecular formula is C42H50O9. The van der Waals surface area contributed by atoms with E-state index in [-0.39, 0.29) is 39.9 Å². The molecule has 272 valence electrons. The van der Waals surface area contributed by atoms with Crippen LogP contribution < -0.4 is 4.74 Å². The largest absolute Gasteiger partial charge is 0.508 e. The average Bonchev–Trinajstić information content (AvgIpc) is 3.06. The average molecular weight is 699 g/mol. The van der Waals surface area contributed by atoms with Gasteiger partial charge in [0.05, 0.1) is 0 Å². The van der Waals surface area contributed by atoms with Crippen molar-refractivity contribution >= 4 is 11.9 Å². The molecule has 4 rings (SSSR count). The molecule has 9 heteroatoms. The van der Waals surface area contributed by atoms with E-state index in [1.165, 1.54) is 13.8 Å². The normalized spacial score (nSPS) is 10.9. The van der Waals surface area contributed by atoms with Gasteiger partial charge in [-0.1, -0.05) is 85.0 Å². The summed E-state index contributed by atoms with van der Waals surface area (Å²) in [6, 6.07) is 21.3.